The van der Waals surface area contributed by atoms with Crippen molar-refractivity contribution >= 4 is 0 Å². The number of nitrogens with one attached hydrogen (secondary N) is 1. The van der Waals surface area contributed by atoms with E-state index in [4.69, 9.17) is 0 Å². The zero-order chi connectivity index (χ0) is 15.1. The van der Waals surface area contributed by atoms with E-state index >= 15 is 0 Å². The quantitative estimate of drug-likeness (QED) is 0.756. The van der Waals surface area contributed by atoms with Crippen LogP contribution in [-0.2, 0) is 13.5 Å². The summed E-state index contributed by atoms with van der Waals surface area (Å²) in [6, 6.07) is 8.95. The van der Waals surface area contributed by atoms with E-state index in [1.54, 1.807) is 12.1 Å². The average Bonchev–Trinajstić information content (AvgIpc) is 2.89. The lowest BCUT2D eigenvalue weighted by molar-refractivity contribution is 0.537. The van der Waals surface area contributed by atoms with Gasteiger partial charge in [0.25, 0.3) is 0 Å². The summed E-state index contributed by atoms with van der Waals surface area (Å²) in [5, 5.41) is 7.68. The Kier molecular flexibility index (Phi) is 5.93. The van der Waals surface area contributed by atoms with Crippen LogP contribution >= 0.6 is 0 Å². The Morgan fingerprint density at radius 2 is 2.00 bits per heavy atom. The van der Waals surface area contributed by atoms with E-state index in [0.717, 1.165) is 32.4 Å². The largest absolute Gasteiger partial charge is 0.316 e. The van der Waals surface area contributed by atoms with Gasteiger partial charge in [-0.15, -0.1) is 0 Å². The third-order valence-electron chi connectivity index (χ3n) is 3.83. The number of aryl methyl sites for hydroxylation is 2. The maximum Gasteiger partial charge on any atom is 0.123 e. The molecule has 0 saturated carbocycles. The molecule has 4 heteroatoms. The van der Waals surface area contributed by atoms with Crippen molar-refractivity contribution in [3.63, 3.8) is 0 Å². The summed E-state index contributed by atoms with van der Waals surface area (Å²) >= 11 is 0. The summed E-state index contributed by atoms with van der Waals surface area (Å²) in [7, 11) is 1.97. The fourth-order valence-corrected chi connectivity index (χ4v) is 2.54. The van der Waals surface area contributed by atoms with E-state index in [-0.39, 0.29) is 5.82 Å². The lowest BCUT2D eigenvalue weighted by Crippen LogP contribution is -2.23. The first-order chi connectivity index (χ1) is 10.2. The Hall–Kier alpha value is -1.68. The molecule has 0 amide bonds. The number of hydrogen-bond donors (Lipinski definition) is 1. The third kappa shape index (κ3) is 4.67. The smallest absolute Gasteiger partial charge is 0.123 e. The van der Waals surface area contributed by atoms with Gasteiger partial charge in [0.1, 0.15) is 5.82 Å². The maximum absolute atomic E-state index is 13.1. The van der Waals surface area contributed by atoms with Crippen molar-refractivity contribution in [1.82, 2.24) is 15.1 Å². The number of benzene rings is 1. The lowest BCUT2D eigenvalue weighted by atomic mass is 9.93. The highest BCUT2D eigenvalue weighted by atomic mass is 19.1. The molecule has 1 aromatic carbocycles. The second kappa shape index (κ2) is 7.93. The molecule has 2 aromatic rings. The molecule has 1 atom stereocenters. The molecule has 1 N–H and O–H groups in total. The van der Waals surface area contributed by atoms with Crippen LogP contribution in [-0.4, -0.2) is 22.9 Å². The van der Waals surface area contributed by atoms with Gasteiger partial charge in [-0.2, -0.15) is 5.10 Å². The van der Waals surface area contributed by atoms with Crippen LogP contribution < -0.4 is 5.32 Å². The number of nitrogens with zero attached hydrogens (tertiary/aromatic N) is 2. The molecule has 0 spiro atoms. The molecular formula is C17H24FN3. The number of halogens is 1. The van der Waals surface area contributed by atoms with Crippen LogP contribution in [0.4, 0.5) is 4.39 Å². The van der Waals surface area contributed by atoms with E-state index in [1.807, 2.05) is 30.1 Å². The van der Waals surface area contributed by atoms with Crippen LogP contribution in [0.2, 0.25) is 0 Å². The highest BCUT2D eigenvalue weighted by Gasteiger charge is 2.12. The van der Waals surface area contributed by atoms with Crippen molar-refractivity contribution < 1.29 is 4.39 Å². The van der Waals surface area contributed by atoms with Crippen LogP contribution in [0, 0.1) is 5.82 Å². The summed E-state index contributed by atoms with van der Waals surface area (Å²) in [6.07, 6.45) is 4.96. The van der Waals surface area contributed by atoms with Crippen LogP contribution in [0.1, 0.15) is 36.9 Å². The summed E-state index contributed by atoms with van der Waals surface area (Å²) in [6.45, 7) is 4.11. The zero-order valence-electron chi connectivity index (χ0n) is 12.8. The van der Waals surface area contributed by atoms with E-state index in [2.05, 4.69) is 23.4 Å². The number of aromatic nitrogens is 2. The molecule has 0 aliphatic heterocycles. The van der Waals surface area contributed by atoms with E-state index in [9.17, 15) is 4.39 Å². The molecule has 0 aliphatic carbocycles. The second-order valence-corrected chi connectivity index (χ2v) is 5.44. The first-order valence-corrected chi connectivity index (χ1v) is 7.63. The van der Waals surface area contributed by atoms with Crippen molar-refractivity contribution in [2.75, 3.05) is 13.1 Å². The summed E-state index contributed by atoms with van der Waals surface area (Å²) < 4.78 is 15.0. The van der Waals surface area contributed by atoms with Gasteiger partial charge < -0.3 is 5.32 Å². The van der Waals surface area contributed by atoms with Crippen molar-refractivity contribution in [3.8, 4) is 0 Å². The van der Waals surface area contributed by atoms with Gasteiger partial charge in [0.2, 0.25) is 0 Å². The van der Waals surface area contributed by atoms with Gasteiger partial charge in [-0.3, -0.25) is 4.68 Å². The van der Waals surface area contributed by atoms with Crippen LogP contribution in [0.3, 0.4) is 0 Å². The standard InChI is InChI=1S/C17H24FN3/c1-3-11-19-13-15(14-4-7-16(18)8-5-14)6-9-17-10-12-20-21(17)2/h4-5,7-8,10,12,15,19H,3,6,9,11,13H2,1-2H3. The summed E-state index contributed by atoms with van der Waals surface area (Å²) in [5.41, 5.74) is 2.43. The molecule has 1 unspecified atom stereocenters. The van der Waals surface area contributed by atoms with Gasteiger partial charge in [0, 0.05) is 25.5 Å². The summed E-state index contributed by atoms with van der Waals surface area (Å²) in [4.78, 5) is 0. The van der Waals surface area contributed by atoms with Crippen molar-refractivity contribution in [2.45, 2.75) is 32.1 Å². The molecule has 0 saturated heterocycles. The molecule has 0 bridgehead atoms. The molecule has 2 rings (SSSR count). The van der Waals surface area contributed by atoms with Gasteiger partial charge in [-0.1, -0.05) is 19.1 Å². The third-order valence-corrected chi connectivity index (χ3v) is 3.83. The Morgan fingerprint density at radius 3 is 2.62 bits per heavy atom. The van der Waals surface area contributed by atoms with Gasteiger partial charge in [0.15, 0.2) is 0 Å². The van der Waals surface area contributed by atoms with Crippen molar-refractivity contribution in [3.05, 3.63) is 53.6 Å². The van der Waals surface area contributed by atoms with Crippen LogP contribution in [0.5, 0.6) is 0 Å². The Morgan fingerprint density at radius 1 is 1.24 bits per heavy atom. The van der Waals surface area contributed by atoms with Crippen LogP contribution in [0.25, 0.3) is 0 Å². The highest BCUT2D eigenvalue weighted by molar-refractivity contribution is 5.21. The number of hydrogen-bond acceptors (Lipinski definition) is 2. The highest BCUT2D eigenvalue weighted by Crippen LogP contribution is 2.21. The van der Waals surface area contributed by atoms with E-state index in [1.165, 1.54) is 11.3 Å². The van der Waals surface area contributed by atoms with E-state index < -0.39 is 0 Å². The number of rotatable bonds is 8. The van der Waals surface area contributed by atoms with Crippen molar-refractivity contribution in [1.29, 1.82) is 0 Å². The predicted octanol–water partition coefficient (Wildman–Crippen LogP) is 3.28. The lowest BCUT2D eigenvalue weighted by Gasteiger charge is -2.18. The monoisotopic (exact) mass is 289 g/mol. The molecule has 0 radical (unpaired) electrons. The molecule has 114 valence electrons. The SMILES string of the molecule is CCCNCC(CCc1ccnn1C)c1ccc(F)cc1. The molecular weight excluding hydrogens is 265 g/mol. The summed E-state index contributed by atoms with van der Waals surface area (Å²) in [5.74, 6) is 0.220. The molecule has 21 heavy (non-hydrogen) atoms. The predicted molar refractivity (Wildman–Crippen MR) is 83.8 cm³/mol. The normalized spacial score (nSPS) is 12.5. The molecule has 3 nitrogen and oxygen atoms in total. The zero-order valence-corrected chi connectivity index (χ0v) is 12.8. The second-order valence-electron chi connectivity index (χ2n) is 5.44. The fourth-order valence-electron chi connectivity index (χ4n) is 2.54. The Balaban J connectivity index is 2.01. The maximum atomic E-state index is 13.1. The fraction of sp³-hybridized carbons (Fsp3) is 0.471. The van der Waals surface area contributed by atoms with Gasteiger partial charge in [0.05, 0.1) is 0 Å². The first-order valence-electron chi connectivity index (χ1n) is 7.63. The Bertz CT molecular complexity index is 533. The van der Waals surface area contributed by atoms with Gasteiger partial charge >= 0.3 is 0 Å². The molecule has 1 aromatic heterocycles. The van der Waals surface area contributed by atoms with Gasteiger partial charge in [-0.05, 0) is 55.5 Å². The minimum atomic E-state index is -0.175. The van der Waals surface area contributed by atoms with Crippen LogP contribution in [0.15, 0.2) is 36.5 Å². The Labute approximate surface area is 126 Å². The topological polar surface area (TPSA) is 29.9 Å². The first kappa shape index (κ1) is 15.7. The van der Waals surface area contributed by atoms with Crippen molar-refractivity contribution in [2.24, 2.45) is 7.05 Å². The average molecular weight is 289 g/mol. The minimum absolute atomic E-state index is 0.175. The minimum Gasteiger partial charge on any atom is -0.316 e. The molecule has 0 fully saturated rings. The molecule has 0 aliphatic rings. The van der Waals surface area contributed by atoms with E-state index in [0.29, 0.717) is 5.92 Å². The molecule has 1 heterocycles. The van der Waals surface area contributed by atoms with Gasteiger partial charge in [-0.25, -0.2) is 4.39 Å².